The normalized spacial score (nSPS) is 19.6. The van der Waals surface area contributed by atoms with Gasteiger partial charge in [0.1, 0.15) is 0 Å². The van der Waals surface area contributed by atoms with E-state index in [4.69, 9.17) is 10.3 Å². The Labute approximate surface area is 119 Å². The van der Waals surface area contributed by atoms with Gasteiger partial charge in [0, 0.05) is 12.5 Å². The minimum absolute atomic E-state index is 0.187. The lowest BCUT2D eigenvalue weighted by atomic mass is 9.83. The fraction of sp³-hybridized carbons (Fsp3) is 0.500. The van der Waals surface area contributed by atoms with E-state index in [0.717, 1.165) is 31.5 Å². The summed E-state index contributed by atoms with van der Waals surface area (Å²) < 4.78 is 5.41. The van der Waals surface area contributed by atoms with Crippen molar-refractivity contribution in [1.29, 1.82) is 0 Å². The molecule has 2 aromatic rings. The van der Waals surface area contributed by atoms with Crippen molar-refractivity contribution in [1.82, 2.24) is 10.1 Å². The van der Waals surface area contributed by atoms with Crippen LogP contribution in [0.3, 0.4) is 0 Å². The molecule has 1 heterocycles. The zero-order chi connectivity index (χ0) is 13.9. The van der Waals surface area contributed by atoms with Gasteiger partial charge in [-0.25, -0.2) is 0 Å². The van der Waals surface area contributed by atoms with Crippen LogP contribution in [0.1, 0.15) is 54.4 Å². The van der Waals surface area contributed by atoms with Crippen molar-refractivity contribution in [3.8, 4) is 0 Å². The van der Waals surface area contributed by atoms with Gasteiger partial charge in [-0.1, -0.05) is 36.3 Å². The molecule has 2 unspecified atom stereocenters. The Morgan fingerprint density at radius 1 is 1.35 bits per heavy atom. The van der Waals surface area contributed by atoms with Crippen molar-refractivity contribution < 1.29 is 4.52 Å². The molecule has 0 aliphatic heterocycles. The van der Waals surface area contributed by atoms with E-state index in [1.165, 1.54) is 11.1 Å². The predicted octanol–water partition coefficient (Wildman–Crippen LogP) is 2.79. The number of fused-ring (bicyclic) bond motifs is 1. The average molecular weight is 271 g/mol. The molecular formula is C16H21N3O. The van der Waals surface area contributed by atoms with Crippen molar-refractivity contribution in [2.75, 3.05) is 6.54 Å². The van der Waals surface area contributed by atoms with E-state index < -0.39 is 0 Å². The lowest BCUT2D eigenvalue weighted by Crippen LogP contribution is -2.15. The molecule has 0 amide bonds. The first-order chi connectivity index (χ1) is 9.81. The molecule has 0 radical (unpaired) electrons. The molecule has 106 valence electrons. The molecule has 2 N–H and O–H groups in total. The SMILES string of the molecule is CCC(CN)c1nc(C2CCc3ccccc3C2)no1. The molecule has 1 aliphatic rings. The Morgan fingerprint density at radius 2 is 2.15 bits per heavy atom. The van der Waals surface area contributed by atoms with Gasteiger partial charge in [0.25, 0.3) is 0 Å². The van der Waals surface area contributed by atoms with Gasteiger partial charge in [0.15, 0.2) is 5.82 Å². The summed E-state index contributed by atoms with van der Waals surface area (Å²) in [6, 6.07) is 8.63. The lowest BCUT2D eigenvalue weighted by Gasteiger charge is -2.21. The number of rotatable bonds is 4. The number of aromatic nitrogens is 2. The number of benzene rings is 1. The third-order valence-corrected chi connectivity index (χ3v) is 4.30. The molecule has 20 heavy (non-hydrogen) atoms. The summed E-state index contributed by atoms with van der Waals surface area (Å²) in [4.78, 5) is 4.59. The van der Waals surface area contributed by atoms with Crippen molar-refractivity contribution in [3.63, 3.8) is 0 Å². The van der Waals surface area contributed by atoms with Gasteiger partial charge < -0.3 is 10.3 Å². The highest BCUT2D eigenvalue weighted by Gasteiger charge is 2.25. The second-order valence-corrected chi connectivity index (χ2v) is 5.54. The fourth-order valence-corrected chi connectivity index (χ4v) is 2.94. The summed E-state index contributed by atoms with van der Waals surface area (Å²) >= 11 is 0. The van der Waals surface area contributed by atoms with E-state index in [0.29, 0.717) is 18.4 Å². The Bertz CT molecular complexity index is 575. The summed E-state index contributed by atoms with van der Waals surface area (Å²) in [5, 5.41) is 4.19. The Kier molecular flexibility index (Phi) is 3.83. The molecule has 0 saturated carbocycles. The zero-order valence-corrected chi connectivity index (χ0v) is 11.9. The highest BCUT2D eigenvalue weighted by Crippen LogP contribution is 2.31. The molecule has 2 atom stereocenters. The van der Waals surface area contributed by atoms with E-state index >= 15 is 0 Å². The molecule has 4 heteroatoms. The summed E-state index contributed by atoms with van der Waals surface area (Å²) in [7, 11) is 0. The van der Waals surface area contributed by atoms with E-state index in [9.17, 15) is 0 Å². The molecule has 0 bridgehead atoms. The standard InChI is InChI=1S/C16H21N3O/c1-2-11(10-17)16-18-15(19-20-16)14-8-7-12-5-3-4-6-13(12)9-14/h3-6,11,14H,2,7-10,17H2,1H3. The highest BCUT2D eigenvalue weighted by molar-refractivity contribution is 5.31. The number of aryl methyl sites for hydroxylation is 1. The minimum atomic E-state index is 0.187. The first-order valence-corrected chi connectivity index (χ1v) is 7.42. The van der Waals surface area contributed by atoms with E-state index in [1.807, 2.05) is 0 Å². The summed E-state index contributed by atoms with van der Waals surface area (Å²) in [6.07, 6.45) is 4.13. The van der Waals surface area contributed by atoms with Crippen LogP contribution < -0.4 is 5.73 Å². The van der Waals surface area contributed by atoms with E-state index in [2.05, 4.69) is 41.3 Å². The Hall–Kier alpha value is -1.68. The molecular weight excluding hydrogens is 250 g/mol. The molecule has 1 aliphatic carbocycles. The van der Waals surface area contributed by atoms with Gasteiger partial charge >= 0.3 is 0 Å². The van der Waals surface area contributed by atoms with Crippen molar-refractivity contribution in [3.05, 3.63) is 47.1 Å². The monoisotopic (exact) mass is 271 g/mol. The summed E-state index contributed by atoms with van der Waals surface area (Å²) in [5.41, 5.74) is 8.62. The quantitative estimate of drug-likeness (QED) is 0.928. The van der Waals surface area contributed by atoms with Crippen LogP contribution in [0.15, 0.2) is 28.8 Å². The third-order valence-electron chi connectivity index (χ3n) is 4.30. The van der Waals surface area contributed by atoms with Crippen LogP contribution in [-0.2, 0) is 12.8 Å². The van der Waals surface area contributed by atoms with Gasteiger partial charge in [-0.2, -0.15) is 4.98 Å². The first kappa shape index (κ1) is 13.3. The van der Waals surface area contributed by atoms with Crippen molar-refractivity contribution >= 4 is 0 Å². The molecule has 3 rings (SSSR count). The van der Waals surface area contributed by atoms with E-state index in [-0.39, 0.29) is 5.92 Å². The first-order valence-electron chi connectivity index (χ1n) is 7.42. The van der Waals surface area contributed by atoms with Gasteiger partial charge in [-0.15, -0.1) is 0 Å². The zero-order valence-electron chi connectivity index (χ0n) is 11.9. The molecule has 1 aromatic heterocycles. The van der Waals surface area contributed by atoms with E-state index in [1.54, 1.807) is 0 Å². The van der Waals surface area contributed by atoms with Crippen LogP contribution in [0.2, 0.25) is 0 Å². The Balaban J connectivity index is 1.78. The molecule has 0 saturated heterocycles. The molecule has 0 fully saturated rings. The van der Waals surface area contributed by atoms with Crippen LogP contribution >= 0.6 is 0 Å². The lowest BCUT2D eigenvalue weighted by molar-refractivity contribution is 0.344. The Morgan fingerprint density at radius 3 is 2.90 bits per heavy atom. The second-order valence-electron chi connectivity index (χ2n) is 5.54. The molecule has 0 spiro atoms. The smallest absolute Gasteiger partial charge is 0.231 e. The maximum absolute atomic E-state index is 5.74. The highest BCUT2D eigenvalue weighted by atomic mass is 16.5. The van der Waals surface area contributed by atoms with Gasteiger partial charge in [-0.3, -0.25) is 0 Å². The van der Waals surface area contributed by atoms with Crippen LogP contribution in [-0.4, -0.2) is 16.7 Å². The number of nitrogens with zero attached hydrogens (tertiary/aromatic N) is 2. The molecule has 1 aromatic carbocycles. The topological polar surface area (TPSA) is 64.9 Å². The van der Waals surface area contributed by atoms with Crippen molar-refractivity contribution in [2.45, 2.75) is 44.4 Å². The fourth-order valence-electron chi connectivity index (χ4n) is 2.94. The average Bonchev–Trinajstić information content (AvgIpc) is 2.98. The number of nitrogens with two attached hydrogens (primary N) is 1. The van der Waals surface area contributed by atoms with Crippen molar-refractivity contribution in [2.24, 2.45) is 5.73 Å². The van der Waals surface area contributed by atoms with Gasteiger partial charge in [0.05, 0.1) is 5.92 Å². The molecule has 4 nitrogen and oxygen atoms in total. The maximum atomic E-state index is 5.74. The second kappa shape index (κ2) is 5.75. The summed E-state index contributed by atoms with van der Waals surface area (Å²) in [6.45, 7) is 2.66. The van der Waals surface area contributed by atoms with Crippen LogP contribution in [0.5, 0.6) is 0 Å². The van der Waals surface area contributed by atoms with Crippen LogP contribution in [0.25, 0.3) is 0 Å². The number of hydrogen-bond acceptors (Lipinski definition) is 4. The largest absolute Gasteiger partial charge is 0.339 e. The van der Waals surface area contributed by atoms with Crippen LogP contribution in [0.4, 0.5) is 0 Å². The maximum Gasteiger partial charge on any atom is 0.231 e. The predicted molar refractivity (Wildman–Crippen MR) is 77.6 cm³/mol. The minimum Gasteiger partial charge on any atom is -0.339 e. The third kappa shape index (κ3) is 2.48. The number of hydrogen-bond donors (Lipinski definition) is 1. The van der Waals surface area contributed by atoms with Gasteiger partial charge in [-0.05, 0) is 36.8 Å². The van der Waals surface area contributed by atoms with Gasteiger partial charge in [0.2, 0.25) is 5.89 Å². The van der Waals surface area contributed by atoms with Crippen LogP contribution in [0, 0.1) is 0 Å². The summed E-state index contributed by atoms with van der Waals surface area (Å²) in [5.74, 6) is 2.11.